The van der Waals surface area contributed by atoms with Gasteiger partial charge in [-0.25, -0.2) is 0 Å². The van der Waals surface area contributed by atoms with E-state index in [-0.39, 0.29) is 6.04 Å². The highest BCUT2D eigenvalue weighted by Crippen LogP contribution is 2.14. The number of guanidine groups is 1. The van der Waals surface area contributed by atoms with Gasteiger partial charge in [-0.05, 0) is 32.7 Å². The van der Waals surface area contributed by atoms with Gasteiger partial charge in [-0.15, -0.1) is 0 Å². The van der Waals surface area contributed by atoms with E-state index in [4.69, 9.17) is 0 Å². The Morgan fingerprint density at radius 3 is 2.13 bits per heavy atom. The quantitative estimate of drug-likeness (QED) is 0.484. The molecular weight excluding hydrogens is 378 g/mol. The molecule has 0 saturated carbocycles. The number of nitrogens with zero attached hydrogens (tertiary/aromatic N) is 6. The van der Waals surface area contributed by atoms with Gasteiger partial charge in [0.05, 0.1) is 6.04 Å². The predicted molar refractivity (Wildman–Crippen MR) is 123 cm³/mol. The van der Waals surface area contributed by atoms with Gasteiger partial charge >= 0.3 is 0 Å². The lowest BCUT2D eigenvalue weighted by molar-refractivity contribution is -0.135. The fourth-order valence-corrected chi connectivity index (χ4v) is 4.81. The third kappa shape index (κ3) is 6.31. The van der Waals surface area contributed by atoms with E-state index in [1.165, 1.54) is 26.2 Å². The molecule has 0 spiro atoms. The van der Waals surface area contributed by atoms with Crippen LogP contribution in [0.3, 0.4) is 0 Å². The normalized spacial score (nSPS) is 24.9. The maximum absolute atomic E-state index is 12.7. The minimum atomic E-state index is -0.0103. The Kier molecular flexibility index (Phi) is 8.77. The van der Waals surface area contributed by atoms with Crippen molar-refractivity contribution in [1.29, 1.82) is 0 Å². The molecule has 0 bridgehead atoms. The number of carbonyl (C=O) groups excluding carboxylic acids is 1. The van der Waals surface area contributed by atoms with Crippen LogP contribution < -0.4 is 5.32 Å². The summed E-state index contributed by atoms with van der Waals surface area (Å²) in [5.74, 6) is 1.89. The first-order valence-corrected chi connectivity index (χ1v) is 11.9. The van der Waals surface area contributed by atoms with Gasteiger partial charge in [0.15, 0.2) is 5.96 Å². The topological polar surface area (TPSA) is 57.7 Å². The summed E-state index contributed by atoms with van der Waals surface area (Å²) in [6.07, 6.45) is 2.31. The molecule has 8 nitrogen and oxygen atoms in total. The molecular formula is C22H43N7O. The van der Waals surface area contributed by atoms with E-state index >= 15 is 0 Å². The second-order valence-corrected chi connectivity index (χ2v) is 9.37. The monoisotopic (exact) mass is 421 g/mol. The molecule has 0 radical (unpaired) electrons. The Labute approximate surface area is 183 Å². The summed E-state index contributed by atoms with van der Waals surface area (Å²) in [6.45, 7) is 16.7. The lowest BCUT2D eigenvalue weighted by Crippen LogP contribution is -2.57. The zero-order chi connectivity index (χ0) is 21.5. The number of hydrogen-bond donors (Lipinski definition) is 1. The Balaban J connectivity index is 1.38. The molecule has 1 N–H and O–H groups in total. The van der Waals surface area contributed by atoms with Crippen molar-refractivity contribution in [3.63, 3.8) is 0 Å². The van der Waals surface area contributed by atoms with Crippen LogP contribution in [0.4, 0.5) is 0 Å². The van der Waals surface area contributed by atoms with Crippen molar-refractivity contribution in [2.24, 2.45) is 10.9 Å². The molecule has 3 aliphatic rings. The third-order valence-corrected chi connectivity index (χ3v) is 6.92. The number of likely N-dealkylation sites (tertiary alicyclic amines) is 1. The van der Waals surface area contributed by atoms with Crippen LogP contribution in [0.5, 0.6) is 0 Å². The summed E-state index contributed by atoms with van der Waals surface area (Å²) in [4.78, 5) is 28.9. The third-order valence-electron chi connectivity index (χ3n) is 6.92. The second kappa shape index (κ2) is 11.3. The number of amides is 1. The van der Waals surface area contributed by atoms with Gasteiger partial charge in [0.2, 0.25) is 5.91 Å². The van der Waals surface area contributed by atoms with Crippen LogP contribution in [0.15, 0.2) is 4.99 Å². The van der Waals surface area contributed by atoms with E-state index < -0.39 is 0 Å². The van der Waals surface area contributed by atoms with Crippen LogP contribution in [0.2, 0.25) is 0 Å². The molecule has 3 rings (SSSR count). The average Bonchev–Trinajstić information content (AvgIpc) is 3.30. The lowest BCUT2D eigenvalue weighted by Gasteiger charge is -2.40. The molecule has 0 aliphatic carbocycles. The standard InChI is InChI=1S/C22H43N7O/c1-19(18-26-11-9-25(4)10-12-26)17-24-22(23-3)29-15-13-27(14-16-29)20(2)21(30)28-7-5-6-8-28/h19-20H,5-18H2,1-4H3,(H,23,24). The molecule has 0 aromatic carbocycles. The fourth-order valence-electron chi connectivity index (χ4n) is 4.81. The molecule has 0 aromatic heterocycles. The Hall–Kier alpha value is -1.38. The van der Waals surface area contributed by atoms with Crippen LogP contribution in [-0.4, -0.2) is 135 Å². The van der Waals surface area contributed by atoms with Gasteiger partial charge in [0.25, 0.3) is 0 Å². The fraction of sp³-hybridized carbons (Fsp3) is 0.909. The first-order valence-electron chi connectivity index (χ1n) is 11.9. The predicted octanol–water partition coefficient (Wildman–Crippen LogP) is 0.0738. The number of rotatable bonds is 6. The van der Waals surface area contributed by atoms with Gasteiger partial charge in [-0.3, -0.25) is 14.7 Å². The summed E-state index contributed by atoms with van der Waals surface area (Å²) < 4.78 is 0. The highest BCUT2D eigenvalue weighted by atomic mass is 16.2. The van der Waals surface area contributed by atoms with Gasteiger partial charge in [-0.2, -0.15) is 0 Å². The summed E-state index contributed by atoms with van der Waals surface area (Å²) in [6, 6.07) is -0.0103. The Morgan fingerprint density at radius 1 is 0.900 bits per heavy atom. The SMILES string of the molecule is CN=C(NCC(C)CN1CCN(C)CC1)N1CCN(C(C)C(=O)N2CCCC2)CC1. The maximum Gasteiger partial charge on any atom is 0.239 e. The van der Waals surface area contributed by atoms with Crippen molar-refractivity contribution in [2.45, 2.75) is 32.7 Å². The van der Waals surface area contributed by atoms with Crippen LogP contribution in [0.25, 0.3) is 0 Å². The number of aliphatic imine (C=N–C) groups is 1. The van der Waals surface area contributed by atoms with E-state index in [1.54, 1.807) is 0 Å². The van der Waals surface area contributed by atoms with Crippen LogP contribution >= 0.6 is 0 Å². The van der Waals surface area contributed by atoms with Gasteiger partial charge in [0, 0.05) is 85.6 Å². The van der Waals surface area contributed by atoms with E-state index in [2.05, 4.69) is 50.8 Å². The van der Waals surface area contributed by atoms with Gasteiger partial charge in [-0.1, -0.05) is 6.92 Å². The van der Waals surface area contributed by atoms with Crippen molar-refractivity contribution in [2.75, 3.05) is 92.6 Å². The molecule has 2 atom stereocenters. The highest BCUT2D eigenvalue weighted by molar-refractivity contribution is 5.82. The van der Waals surface area contributed by atoms with E-state index in [0.717, 1.165) is 71.2 Å². The Bertz CT molecular complexity index is 562. The minimum Gasteiger partial charge on any atom is -0.356 e. The van der Waals surface area contributed by atoms with Crippen molar-refractivity contribution < 1.29 is 4.79 Å². The molecule has 3 saturated heterocycles. The number of hydrogen-bond acceptors (Lipinski definition) is 5. The van der Waals surface area contributed by atoms with Crippen molar-refractivity contribution >= 4 is 11.9 Å². The summed E-state index contributed by atoms with van der Waals surface area (Å²) >= 11 is 0. The zero-order valence-corrected chi connectivity index (χ0v) is 19.6. The number of carbonyl (C=O) groups is 1. The van der Waals surface area contributed by atoms with E-state index in [9.17, 15) is 4.79 Å². The summed E-state index contributed by atoms with van der Waals surface area (Å²) in [7, 11) is 4.08. The molecule has 30 heavy (non-hydrogen) atoms. The van der Waals surface area contributed by atoms with Crippen molar-refractivity contribution in [3.05, 3.63) is 0 Å². The maximum atomic E-state index is 12.7. The first kappa shape index (κ1) is 23.3. The molecule has 3 heterocycles. The van der Waals surface area contributed by atoms with Gasteiger partial charge in [0.1, 0.15) is 0 Å². The zero-order valence-electron chi connectivity index (χ0n) is 19.6. The van der Waals surface area contributed by atoms with Gasteiger partial charge < -0.3 is 24.9 Å². The summed E-state index contributed by atoms with van der Waals surface area (Å²) in [5.41, 5.74) is 0. The smallest absolute Gasteiger partial charge is 0.239 e. The number of nitrogens with one attached hydrogen (secondary N) is 1. The molecule has 172 valence electrons. The first-order chi connectivity index (χ1) is 14.5. The molecule has 3 aliphatic heterocycles. The molecule has 3 fully saturated rings. The lowest BCUT2D eigenvalue weighted by atomic mass is 10.1. The number of likely N-dealkylation sites (N-methyl/N-ethyl adjacent to an activating group) is 1. The largest absolute Gasteiger partial charge is 0.356 e. The van der Waals surface area contributed by atoms with E-state index in [0.29, 0.717) is 11.8 Å². The average molecular weight is 422 g/mol. The van der Waals surface area contributed by atoms with Crippen molar-refractivity contribution in [3.8, 4) is 0 Å². The Morgan fingerprint density at radius 2 is 1.53 bits per heavy atom. The molecule has 0 aromatic rings. The van der Waals surface area contributed by atoms with Crippen LogP contribution in [0.1, 0.15) is 26.7 Å². The van der Waals surface area contributed by atoms with Crippen LogP contribution in [-0.2, 0) is 4.79 Å². The summed E-state index contributed by atoms with van der Waals surface area (Å²) in [5, 5.41) is 3.59. The molecule has 1 amide bonds. The van der Waals surface area contributed by atoms with E-state index in [1.807, 2.05) is 11.9 Å². The minimum absolute atomic E-state index is 0.0103. The molecule has 2 unspecified atom stereocenters. The number of piperazine rings is 2. The van der Waals surface area contributed by atoms with Crippen LogP contribution in [0, 0.1) is 5.92 Å². The molecule has 8 heteroatoms. The van der Waals surface area contributed by atoms with Crippen molar-refractivity contribution in [1.82, 2.24) is 29.8 Å². The second-order valence-electron chi connectivity index (χ2n) is 9.37. The highest BCUT2D eigenvalue weighted by Gasteiger charge is 2.30.